The highest BCUT2D eigenvalue weighted by atomic mass is 16.5. The van der Waals surface area contributed by atoms with Crippen LogP contribution >= 0.6 is 0 Å². The van der Waals surface area contributed by atoms with Crippen LogP contribution in [0.2, 0.25) is 0 Å². The molecule has 2 rings (SSSR count). The first kappa shape index (κ1) is 18.7. The lowest BCUT2D eigenvalue weighted by Crippen LogP contribution is -2.44. The molecule has 0 aromatic heterocycles. The normalized spacial score (nSPS) is 18.2. The summed E-state index contributed by atoms with van der Waals surface area (Å²) < 4.78 is 4.81. The third kappa shape index (κ3) is 4.06. The zero-order valence-corrected chi connectivity index (χ0v) is 14.3. The van der Waals surface area contributed by atoms with Crippen LogP contribution in [0.15, 0.2) is 0 Å². The highest BCUT2D eigenvalue weighted by Gasteiger charge is 2.52. The van der Waals surface area contributed by atoms with E-state index >= 15 is 0 Å². The molecule has 0 bridgehead atoms. The van der Waals surface area contributed by atoms with Crippen LogP contribution in [0.5, 0.6) is 0 Å². The van der Waals surface area contributed by atoms with Crippen molar-refractivity contribution in [1.82, 2.24) is 20.4 Å². The van der Waals surface area contributed by atoms with Gasteiger partial charge in [0.15, 0.2) is 6.61 Å². The molecule has 0 atom stereocenters. The molecule has 0 unspecified atom stereocenters. The van der Waals surface area contributed by atoms with E-state index < -0.39 is 42.5 Å². The number of hydrogen-bond acceptors (Lipinski definition) is 6. The standard InChI is InChI=1S/C15H22N4O6/c1-16-10(20)7-18(2)11(21)9-25-12(22)8-19-13(23)15(17-14(19)24)5-3-4-6-15/h3-9H2,1-2H3,(H,16,20)(H,17,24). The lowest BCUT2D eigenvalue weighted by molar-refractivity contribution is -0.153. The third-order valence-corrected chi connectivity index (χ3v) is 4.43. The van der Waals surface area contributed by atoms with Crippen LogP contribution in [-0.4, -0.2) is 78.9 Å². The molecule has 10 heteroatoms. The number of nitrogens with zero attached hydrogens (tertiary/aromatic N) is 2. The maximum atomic E-state index is 12.4. The molecule has 1 saturated carbocycles. The van der Waals surface area contributed by atoms with Crippen molar-refractivity contribution < 1.29 is 28.7 Å². The van der Waals surface area contributed by atoms with E-state index in [0.717, 1.165) is 22.6 Å². The highest BCUT2D eigenvalue weighted by molar-refractivity contribution is 6.08. The molecule has 0 aromatic rings. The minimum atomic E-state index is -0.888. The number of urea groups is 1. The number of amides is 5. The summed E-state index contributed by atoms with van der Waals surface area (Å²) in [6, 6.07) is -0.619. The zero-order valence-electron chi connectivity index (χ0n) is 14.3. The zero-order chi connectivity index (χ0) is 18.6. The van der Waals surface area contributed by atoms with Crippen LogP contribution in [-0.2, 0) is 23.9 Å². The number of ether oxygens (including phenoxy) is 1. The Balaban J connectivity index is 1.82. The first-order valence-electron chi connectivity index (χ1n) is 8.03. The lowest BCUT2D eigenvalue weighted by Gasteiger charge is -2.20. The quantitative estimate of drug-likeness (QED) is 0.446. The summed E-state index contributed by atoms with van der Waals surface area (Å²) in [7, 11) is 2.84. The largest absolute Gasteiger partial charge is 0.454 e. The Bertz CT molecular complexity index is 599. The molecule has 138 valence electrons. The smallest absolute Gasteiger partial charge is 0.326 e. The second kappa shape index (κ2) is 7.49. The van der Waals surface area contributed by atoms with Gasteiger partial charge in [0.05, 0.1) is 6.54 Å². The van der Waals surface area contributed by atoms with Crippen molar-refractivity contribution in [2.24, 2.45) is 0 Å². The van der Waals surface area contributed by atoms with Crippen LogP contribution in [0.1, 0.15) is 25.7 Å². The van der Waals surface area contributed by atoms with Gasteiger partial charge in [-0.1, -0.05) is 12.8 Å². The molecule has 2 fully saturated rings. The SMILES string of the molecule is CNC(=O)CN(C)C(=O)COC(=O)CN1C(=O)NC2(CCCC2)C1=O. The molecule has 2 N–H and O–H groups in total. The Kier molecular flexibility index (Phi) is 5.60. The number of nitrogens with one attached hydrogen (secondary N) is 2. The van der Waals surface area contributed by atoms with Gasteiger partial charge in [-0.3, -0.25) is 24.1 Å². The minimum Gasteiger partial charge on any atom is -0.454 e. The van der Waals surface area contributed by atoms with Crippen molar-refractivity contribution in [2.45, 2.75) is 31.2 Å². The molecule has 5 amide bonds. The van der Waals surface area contributed by atoms with E-state index in [1.165, 1.54) is 14.1 Å². The fraction of sp³-hybridized carbons (Fsp3) is 0.667. The maximum Gasteiger partial charge on any atom is 0.326 e. The van der Waals surface area contributed by atoms with Crippen molar-refractivity contribution in [1.29, 1.82) is 0 Å². The molecule has 1 aliphatic carbocycles. The van der Waals surface area contributed by atoms with Crippen LogP contribution in [0.3, 0.4) is 0 Å². The van der Waals surface area contributed by atoms with Gasteiger partial charge in [0.1, 0.15) is 12.1 Å². The minimum absolute atomic E-state index is 0.164. The Morgan fingerprint density at radius 3 is 2.52 bits per heavy atom. The van der Waals surface area contributed by atoms with Gasteiger partial charge >= 0.3 is 12.0 Å². The summed E-state index contributed by atoms with van der Waals surface area (Å²) in [6.45, 7) is -1.28. The van der Waals surface area contributed by atoms with Crippen molar-refractivity contribution in [2.75, 3.05) is 33.8 Å². The lowest BCUT2D eigenvalue weighted by atomic mass is 9.98. The molecule has 1 spiro atoms. The molecule has 1 heterocycles. The van der Waals surface area contributed by atoms with Gasteiger partial charge < -0.3 is 20.3 Å². The van der Waals surface area contributed by atoms with Gasteiger partial charge in [-0.2, -0.15) is 0 Å². The molecule has 1 aliphatic heterocycles. The van der Waals surface area contributed by atoms with E-state index in [2.05, 4.69) is 10.6 Å². The van der Waals surface area contributed by atoms with Gasteiger partial charge in [-0.15, -0.1) is 0 Å². The van der Waals surface area contributed by atoms with Crippen LogP contribution in [0.25, 0.3) is 0 Å². The van der Waals surface area contributed by atoms with Crippen LogP contribution < -0.4 is 10.6 Å². The molecule has 2 aliphatic rings. The Labute approximate surface area is 144 Å². The monoisotopic (exact) mass is 354 g/mol. The first-order valence-corrected chi connectivity index (χ1v) is 8.03. The molecule has 10 nitrogen and oxygen atoms in total. The predicted molar refractivity (Wildman–Crippen MR) is 84.1 cm³/mol. The summed E-state index contributed by atoms with van der Waals surface area (Å²) in [5.74, 6) is -2.21. The summed E-state index contributed by atoms with van der Waals surface area (Å²) in [6.07, 6.45) is 2.81. The number of carbonyl (C=O) groups is 5. The average Bonchev–Trinajstić information content (AvgIpc) is 3.13. The molecule has 1 saturated heterocycles. The van der Waals surface area contributed by atoms with Crippen molar-refractivity contribution >= 4 is 29.7 Å². The first-order chi connectivity index (χ1) is 11.8. The second-order valence-electron chi connectivity index (χ2n) is 6.19. The van der Waals surface area contributed by atoms with Crippen molar-refractivity contribution in [3.63, 3.8) is 0 Å². The fourth-order valence-corrected chi connectivity index (χ4v) is 2.95. The third-order valence-electron chi connectivity index (χ3n) is 4.43. The van der Waals surface area contributed by atoms with E-state index in [1.54, 1.807) is 0 Å². The summed E-state index contributed by atoms with van der Waals surface area (Å²) in [4.78, 5) is 61.1. The maximum absolute atomic E-state index is 12.4. The number of rotatable bonds is 6. The van der Waals surface area contributed by atoms with E-state index in [1.807, 2.05) is 0 Å². The van der Waals surface area contributed by atoms with Gasteiger partial charge in [-0.05, 0) is 12.8 Å². The topological polar surface area (TPSA) is 125 Å². The summed E-state index contributed by atoms with van der Waals surface area (Å²) in [5.41, 5.74) is -0.888. The van der Waals surface area contributed by atoms with E-state index in [0.29, 0.717) is 12.8 Å². The van der Waals surface area contributed by atoms with E-state index in [-0.39, 0.29) is 12.5 Å². The number of imide groups is 1. The van der Waals surface area contributed by atoms with Gasteiger partial charge in [-0.25, -0.2) is 4.79 Å². The number of carbonyl (C=O) groups excluding carboxylic acids is 5. The number of esters is 1. The Hall–Kier alpha value is -2.65. The van der Waals surface area contributed by atoms with Crippen LogP contribution in [0.4, 0.5) is 4.79 Å². The molecular formula is C15H22N4O6. The number of likely N-dealkylation sites (N-methyl/N-ethyl adjacent to an activating group) is 2. The van der Waals surface area contributed by atoms with Gasteiger partial charge in [0.2, 0.25) is 5.91 Å². The molecular weight excluding hydrogens is 332 g/mol. The van der Waals surface area contributed by atoms with Crippen molar-refractivity contribution in [3.05, 3.63) is 0 Å². The van der Waals surface area contributed by atoms with Crippen LogP contribution in [0, 0.1) is 0 Å². The fourth-order valence-electron chi connectivity index (χ4n) is 2.95. The highest BCUT2D eigenvalue weighted by Crippen LogP contribution is 2.34. The molecule has 0 aromatic carbocycles. The van der Waals surface area contributed by atoms with E-state index in [9.17, 15) is 24.0 Å². The average molecular weight is 354 g/mol. The Morgan fingerprint density at radius 1 is 1.28 bits per heavy atom. The summed E-state index contributed by atoms with van der Waals surface area (Å²) in [5, 5.41) is 5.02. The number of hydrogen-bond donors (Lipinski definition) is 2. The predicted octanol–water partition coefficient (Wildman–Crippen LogP) is -1.40. The molecule has 25 heavy (non-hydrogen) atoms. The van der Waals surface area contributed by atoms with Gasteiger partial charge in [0, 0.05) is 14.1 Å². The molecule has 0 radical (unpaired) electrons. The summed E-state index contributed by atoms with van der Waals surface area (Å²) >= 11 is 0. The van der Waals surface area contributed by atoms with Gasteiger partial charge in [0.25, 0.3) is 11.8 Å². The Morgan fingerprint density at radius 2 is 1.92 bits per heavy atom. The van der Waals surface area contributed by atoms with Crippen molar-refractivity contribution in [3.8, 4) is 0 Å². The second-order valence-corrected chi connectivity index (χ2v) is 6.19. The van der Waals surface area contributed by atoms with E-state index in [4.69, 9.17) is 4.74 Å².